The van der Waals surface area contributed by atoms with E-state index in [9.17, 15) is 9.59 Å². The minimum atomic E-state index is -1.05. The number of aromatic carboxylic acids is 1. The first-order chi connectivity index (χ1) is 8.99. The number of ether oxygens (including phenoxy) is 1. The van der Waals surface area contributed by atoms with E-state index in [1.54, 1.807) is 0 Å². The third-order valence-electron chi connectivity index (χ3n) is 3.27. The second-order valence-corrected chi connectivity index (χ2v) is 4.57. The summed E-state index contributed by atoms with van der Waals surface area (Å²) >= 11 is 0. The molecule has 19 heavy (non-hydrogen) atoms. The molecule has 6 heteroatoms. The van der Waals surface area contributed by atoms with Crippen LogP contribution < -0.4 is 11.1 Å². The Kier molecular flexibility index (Phi) is 3.71. The molecule has 1 aliphatic heterocycles. The number of benzene rings is 1. The molecule has 2 atom stereocenters. The van der Waals surface area contributed by atoms with Crippen LogP contribution in [0.2, 0.25) is 0 Å². The first-order valence-electron chi connectivity index (χ1n) is 6.04. The number of nitrogens with two attached hydrogens (primary N) is 1. The second-order valence-electron chi connectivity index (χ2n) is 4.57. The van der Waals surface area contributed by atoms with Crippen LogP contribution >= 0.6 is 0 Å². The van der Waals surface area contributed by atoms with Gasteiger partial charge in [0.25, 0.3) is 0 Å². The van der Waals surface area contributed by atoms with E-state index in [1.165, 1.54) is 18.2 Å². The number of carboxylic acids is 1. The lowest BCUT2D eigenvalue weighted by molar-refractivity contribution is -0.121. The van der Waals surface area contributed by atoms with Gasteiger partial charge >= 0.3 is 5.97 Å². The van der Waals surface area contributed by atoms with Gasteiger partial charge in [-0.1, -0.05) is 0 Å². The fourth-order valence-corrected chi connectivity index (χ4v) is 2.11. The third kappa shape index (κ3) is 2.85. The van der Waals surface area contributed by atoms with Crippen molar-refractivity contribution in [3.8, 4) is 0 Å². The van der Waals surface area contributed by atoms with Crippen molar-refractivity contribution < 1.29 is 19.4 Å². The van der Waals surface area contributed by atoms with Gasteiger partial charge in [-0.15, -0.1) is 0 Å². The monoisotopic (exact) mass is 264 g/mol. The molecule has 1 saturated heterocycles. The minimum absolute atomic E-state index is 0.0908. The second kappa shape index (κ2) is 5.27. The minimum Gasteiger partial charge on any atom is -0.478 e. The number of nitrogens with one attached hydrogen (secondary N) is 1. The molecule has 2 unspecified atom stereocenters. The maximum atomic E-state index is 12.0. The van der Waals surface area contributed by atoms with E-state index < -0.39 is 5.97 Å². The molecule has 102 valence electrons. The van der Waals surface area contributed by atoms with Crippen LogP contribution in [-0.4, -0.2) is 29.7 Å². The number of amides is 1. The van der Waals surface area contributed by atoms with Gasteiger partial charge in [0, 0.05) is 6.61 Å². The SMILES string of the molecule is CC1OCCC1C(=O)Nc1ccc(C(=O)O)cc1N. The average molecular weight is 264 g/mol. The fraction of sp³-hybridized carbons (Fsp3) is 0.385. The van der Waals surface area contributed by atoms with Gasteiger partial charge in [0.2, 0.25) is 5.91 Å². The molecule has 0 radical (unpaired) electrons. The van der Waals surface area contributed by atoms with Crippen LogP contribution in [0.4, 0.5) is 11.4 Å². The van der Waals surface area contributed by atoms with Crippen LogP contribution in [0, 0.1) is 5.92 Å². The maximum Gasteiger partial charge on any atom is 0.335 e. The molecule has 0 bridgehead atoms. The van der Waals surface area contributed by atoms with Crippen LogP contribution in [0.25, 0.3) is 0 Å². The van der Waals surface area contributed by atoms with Crippen LogP contribution in [0.5, 0.6) is 0 Å². The van der Waals surface area contributed by atoms with Crippen LogP contribution in [0.1, 0.15) is 23.7 Å². The number of carboxylic acid groups (broad SMARTS) is 1. The Hall–Kier alpha value is -2.08. The van der Waals surface area contributed by atoms with E-state index >= 15 is 0 Å². The van der Waals surface area contributed by atoms with E-state index in [4.69, 9.17) is 15.6 Å². The van der Waals surface area contributed by atoms with Crippen LogP contribution in [0.3, 0.4) is 0 Å². The Balaban J connectivity index is 2.11. The predicted molar refractivity (Wildman–Crippen MR) is 70.0 cm³/mol. The van der Waals surface area contributed by atoms with Crippen molar-refractivity contribution in [2.75, 3.05) is 17.7 Å². The lowest BCUT2D eigenvalue weighted by atomic mass is 10.0. The molecule has 1 aliphatic rings. The smallest absolute Gasteiger partial charge is 0.335 e. The number of nitrogen functional groups attached to an aromatic ring is 1. The quantitative estimate of drug-likeness (QED) is 0.715. The van der Waals surface area contributed by atoms with Crippen LogP contribution in [-0.2, 0) is 9.53 Å². The maximum absolute atomic E-state index is 12.0. The normalized spacial score (nSPS) is 22.2. The Labute approximate surface area is 110 Å². The summed E-state index contributed by atoms with van der Waals surface area (Å²) in [6.07, 6.45) is 0.569. The molecule has 1 aromatic carbocycles. The summed E-state index contributed by atoms with van der Waals surface area (Å²) in [5.74, 6) is -1.40. The fourth-order valence-electron chi connectivity index (χ4n) is 2.11. The highest BCUT2D eigenvalue weighted by molar-refractivity contribution is 5.97. The summed E-state index contributed by atoms with van der Waals surface area (Å²) in [4.78, 5) is 22.8. The van der Waals surface area contributed by atoms with Gasteiger partial charge < -0.3 is 20.9 Å². The zero-order valence-corrected chi connectivity index (χ0v) is 10.6. The molecular weight excluding hydrogens is 248 g/mol. The largest absolute Gasteiger partial charge is 0.478 e. The highest BCUT2D eigenvalue weighted by atomic mass is 16.5. The highest BCUT2D eigenvalue weighted by Crippen LogP contribution is 2.25. The summed E-state index contributed by atoms with van der Waals surface area (Å²) in [5.41, 5.74) is 6.48. The van der Waals surface area contributed by atoms with Crippen molar-refractivity contribution in [3.63, 3.8) is 0 Å². The van der Waals surface area contributed by atoms with E-state index in [1.807, 2.05) is 6.92 Å². The van der Waals surface area contributed by atoms with Crippen molar-refractivity contribution in [2.24, 2.45) is 5.92 Å². The molecule has 0 aliphatic carbocycles. The van der Waals surface area contributed by atoms with Gasteiger partial charge in [-0.3, -0.25) is 4.79 Å². The van der Waals surface area contributed by atoms with Crippen molar-refractivity contribution in [2.45, 2.75) is 19.4 Å². The predicted octanol–water partition coefficient (Wildman–Crippen LogP) is 1.33. The van der Waals surface area contributed by atoms with Gasteiger partial charge in [0.15, 0.2) is 0 Å². The van der Waals surface area contributed by atoms with E-state index in [0.29, 0.717) is 18.7 Å². The molecule has 1 fully saturated rings. The molecule has 6 nitrogen and oxygen atoms in total. The van der Waals surface area contributed by atoms with E-state index in [0.717, 1.165) is 0 Å². The standard InChI is InChI=1S/C13H16N2O4/c1-7-9(4-5-19-7)12(16)15-11-3-2-8(13(17)18)6-10(11)14/h2-3,6-7,9H,4-5,14H2,1H3,(H,15,16)(H,17,18). The first-order valence-corrected chi connectivity index (χ1v) is 6.04. The van der Waals surface area contributed by atoms with Gasteiger partial charge in [0.1, 0.15) is 0 Å². The van der Waals surface area contributed by atoms with Crippen molar-refractivity contribution >= 4 is 23.3 Å². The molecule has 1 aromatic rings. The zero-order valence-electron chi connectivity index (χ0n) is 10.6. The van der Waals surface area contributed by atoms with E-state index in [-0.39, 0.29) is 29.2 Å². The highest BCUT2D eigenvalue weighted by Gasteiger charge is 2.30. The topological polar surface area (TPSA) is 102 Å². The average Bonchev–Trinajstić information content (AvgIpc) is 2.77. The van der Waals surface area contributed by atoms with Gasteiger partial charge in [0.05, 0.1) is 29.0 Å². The van der Waals surface area contributed by atoms with Gasteiger partial charge in [-0.25, -0.2) is 4.79 Å². The molecule has 2 rings (SSSR count). The molecule has 0 spiro atoms. The Morgan fingerprint density at radius 3 is 2.74 bits per heavy atom. The molecule has 1 heterocycles. The summed E-state index contributed by atoms with van der Waals surface area (Å²) in [6.45, 7) is 2.43. The summed E-state index contributed by atoms with van der Waals surface area (Å²) in [6, 6.07) is 4.23. The van der Waals surface area contributed by atoms with Crippen molar-refractivity contribution in [3.05, 3.63) is 23.8 Å². The zero-order chi connectivity index (χ0) is 14.0. The first kappa shape index (κ1) is 13.4. The Morgan fingerprint density at radius 1 is 1.47 bits per heavy atom. The molecular formula is C13H16N2O4. The number of carbonyl (C=O) groups is 2. The van der Waals surface area contributed by atoms with Gasteiger partial charge in [-0.05, 0) is 31.5 Å². The molecule has 0 aromatic heterocycles. The molecule has 4 N–H and O–H groups in total. The number of hydrogen-bond acceptors (Lipinski definition) is 4. The van der Waals surface area contributed by atoms with Gasteiger partial charge in [-0.2, -0.15) is 0 Å². The Morgan fingerprint density at radius 2 is 2.21 bits per heavy atom. The number of rotatable bonds is 3. The lowest BCUT2D eigenvalue weighted by Gasteiger charge is -2.15. The number of anilines is 2. The summed E-state index contributed by atoms with van der Waals surface area (Å²) in [7, 11) is 0. The number of carbonyl (C=O) groups excluding carboxylic acids is 1. The van der Waals surface area contributed by atoms with Crippen molar-refractivity contribution in [1.29, 1.82) is 0 Å². The molecule has 1 amide bonds. The van der Waals surface area contributed by atoms with Crippen LogP contribution in [0.15, 0.2) is 18.2 Å². The summed E-state index contributed by atoms with van der Waals surface area (Å²) in [5, 5.41) is 11.5. The lowest BCUT2D eigenvalue weighted by Crippen LogP contribution is -2.28. The van der Waals surface area contributed by atoms with E-state index in [2.05, 4.69) is 5.32 Å². The molecule has 0 saturated carbocycles. The summed E-state index contributed by atoms with van der Waals surface area (Å²) < 4.78 is 5.34. The Bertz CT molecular complexity index is 515. The van der Waals surface area contributed by atoms with Crippen molar-refractivity contribution in [1.82, 2.24) is 0 Å². The third-order valence-corrected chi connectivity index (χ3v) is 3.27. The number of hydrogen-bond donors (Lipinski definition) is 3.